The van der Waals surface area contributed by atoms with Crippen molar-refractivity contribution in [3.05, 3.63) is 33.8 Å². The van der Waals surface area contributed by atoms with Crippen LogP contribution in [0, 0.1) is 0 Å². The normalized spacial score (nSPS) is 19.9. The number of benzene rings is 1. The summed E-state index contributed by atoms with van der Waals surface area (Å²) in [7, 11) is 1.35. The molecule has 1 aliphatic rings. The molecule has 6 heteroatoms. The predicted octanol–water partition coefficient (Wildman–Crippen LogP) is 2.98. The van der Waals surface area contributed by atoms with Crippen LogP contribution >= 0.6 is 23.2 Å². The monoisotopic (exact) mass is 317 g/mol. The number of halogens is 2. The number of rotatable bonds is 5. The van der Waals surface area contributed by atoms with Gasteiger partial charge in [-0.2, -0.15) is 0 Å². The number of esters is 1. The average molecular weight is 318 g/mol. The zero-order valence-corrected chi connectivity index (χ0v) is 12.7. The van der Waals surface area contributed by atoms with Crippen LogP contribution in [0.25, 0.3) is 0 Å². The Bertz CT molecular complexity index is 475. The molecule has 4 nitrogen and oxygen atoms in total. The predicted molar refractivity (Wildman–Crippen MR) is 78.2 cm³/mol. The molecule has 1 aliphatic heterocycles. The zero-order chi connectivity index (χ0) is 14.5. The van der Waals surface area contributed by atoms with Crippen molar-refractivity contribution in [1.29, 1.82) is 0 Å². The summed E-state index contributed by atoms with van der Waals surface area (Å²) >= 11 is 12.1. The molecule has 1 heterocycles. The van der Waals surface area contributed by atoms with E-state index in [1.807, 2.05) is 0 Å². The van der Waals surface area contributed by atoms with Gasteiger partial charge in [0.25, 0.3) is 0 Å². The molecule has 0 bridgehead atoms. The van der Waals surface area contributed by atoms with Crippen molar-refractivity contribution in [2.24, 2.45) is 0 Å². The third-order valence-corrected chi connectivity index (χ3v) is 3.86. The van der Waals surface area contributed by atoms with E-state index in [1.54, 1.807) is 18.2 Å². The van der Waals surface area contributed by atoms with Crippen LogP contribution in [0.5, 0.6) is 0 Å². The molecule has 0 amide bonds. The number of carbonyl (C=O) groups is 1. The van der Waals surface area contributed by atoms with Crippen LogP contribution in [0.1, 0.15) is 24.4 Å². The minimum absolute atomic E-state index is 0.125. The Morgan fingerprint density at radius 1 is 1.55 bits per heavy atom. The highest BCUT2D eigenvalue weighted by atomic mass is 35.5. The maximum absolute atomic E-state index is 12.0. The topological polar surface area (TPSA) is 47.6 Å². The van der Waals surface area contributed by atoms with E-state index in [9.17, 15) is 4.79 Å². The smallest absolute Gasteiger partial charge is 0.327 e. The van der Waals surface area contributed by atoms with E-state index in [0.717, 1.165) is 19.4 Å². The number of carbonyl (C=O) groups excluding carboxylic acids is 1. The maximum atomic E-state index is 12.0. The minimum atomic E-state index is -0.643. The second-order valence-electron chi connectivity index (χ2n) is 4.67. The molecular formula is C14H17Cl2NO3. The first-order valence-corrected chi connectivity index (χ1v) is 7.25. The van der Waals surface area contributed by atoms with Gasteiger partial charge in [-0.15, -0.1) is 0 Å². The lowest BCUT2D eigenvalue weighted by Gasteiger charge is -2.20. The van der Waals surface area contributed by atoms with Crippen molar-refractivity contribution in [2.45, 2.75) is 25.0 Å². The Morgan fingerprint density at radius 2 is 2.35 bits per heavy atom. The first-order valence-electron chi connectivity index (χ1n) is 6.49. The molecule has 1 aromatic rings. The summed E-state index contributed by atoms with van der Waals surface area (Å²) in [5.74, 6) is -0.396. The van der Waals surface area contributed by atoms with Crippen LogP contribution in [-0.4, -0.2) is 32.3 Å². The zero-order valence-electron chi connectivity index (χ0n) is 11.2. The highest BCUT2D eigenvalue weighted by molar-refractivity contribution is 6.33. The summed E-state index contributed by atoms with van der Waals surface area (Å²) in [5, 5.41) is 4.16. The van der Waals surface area contributed by atoms with Gasteiger partial charge in [0, 0.05) is 28.8 Å². The molecule has 1 fully saturated rings. The molecule has 0 spiro atoms. The SMILES string of the molecule is COC(=O)C(NCC1CCCO1)c1cc(Cl)ccc1Cl. The summed E-state index contributed by atoms with van der Waals surface area (Å²) in [6.07, 6.45) is 2.16. The van der Waals surface area contributed by atoms with Gasteiger partial charge >= 0.3 is 5.97 Å². The first kappa shape index (κ1) is 15.6. The summed E-state index contributed by atoms with van der Waals surface area (Å²) in [5.41, 5.74) is 0.615. The highest BCUT2D eigenvalue weighted by Crippen LogP contribution is 2.27. The van der Waals surface area contributed by atoms with Crippen LogP contribution in [-0.2, 0) is 14.3 Å². The largest absolute Gasteiger partial charge is 0.468 e. The molecule has 2 unspecified atom stereocenters. The van der Waals surface area contributed by atoms with E-state index in [-0.39, 0.29) is 6.10 Å². The Hall–Kier alpha value is -0.810. The standard InChI is InChI=1S/C14H17Cl2NO3/c1-19-14(18)13(17-8-10-3-2-6-20-10)11-7-9(15)4-5-12(11)16/h4-5,7,10,13,17H,2-3,6,8H2,1H3. The van der Waals surface area contributed by atoms with Crippen LogP contribution in [0.15, 0.2) is 18.2 Å². The molecule has 20 heavy (non-hydrogen) atoms. The maximum Gasteiger partial charge on any atom is 0.327 e. The van der Waals surface area contributed by atoms with E-state index in [0.29, 0.717) is 22.2 Å². The molecular weight excluding hydrogens is 301 g/mol. The molecule has 2 atom stereocenters. The number of hydrogen-bond acceptors (Lipinski definition) is 4. The van der Waals surface area contributed by atoms with E-state index in [2.05, 4.69) is 5.32 Å². The molecule has 110 valence electrons. The number of ether oxygens (including phenoxy) is 2. The molecule has 0 saturated carbocycles. The van der Waals surface area contributed by atoms with Gasteiger partial charge in [-0.25, -0.2) is 4.79 Å². The van der Waals surface area contributed by atoms with E-state index < -0.39 is 12.0 Å². The molecule has 0 radical (unpaired) electrons. The van der Waals surface area contributed by atoms with Gasteiger partial charge in [-0.3, -0.25) is 5.32 Å². The van der Waals surface area contributed by atoms with Gasteiger partial charge in [0.05, 0.1) is 13.2 Å². The summed E-state index contributed by atoms with van der Waals surface area (Å²) < 4.78 is 10.4. The second kappa shape index (κ2) is 7.27. The number of nitrogens with one attached hydrogen (secondary N) is 1. The molecule has 1 saturated heterocycles. The van der Waals surface area contributed by atoms with Crippen LogP contribution in [0.4, 0.5) is 0 Å². The molecule has 1 N–H and O–H groups in total. The fourth-order valence-electron chi connectivity index (χ4n) is 2.23. The van der Waals surface area contributed by atoms with Crippen molar-refractivity contribution in [2.75, 3.05) is 20.3 Å². The van der Waals surface area contributed by atoms with Crippen molar-refractivity contribution >= 4 is 29.2 Å². The van der Waals surface area contributed by atoms with Crippen LogP contribution < -0.4 is 5.32 Å². The number of methoxy groups -OCH3 is 1. The molecule has 0 aromatic heterocycles. The van der Waals surface area contributed by atoms with Crippen LogP contribution in [0.2, 0.25) is 10.0 Å². The lowest BCUT2D eigenvalue weighted by Crippen LogP contribution is -2.35. The third-order valence-electron chi connectivity index (χ3n) is 3.28. The first-order chi connectivity index (χ1) is 9.61. The van der Waals surface area contributed by atoms with Crippen molar-refractivity contribution < 1.29 is 14.3 Å². The lowest BCUT2D eigenvalue weighted by molar-refractivity contribution is -0.143. The Labute approximate surface area is 128 Å². The van der Waals surface area contributed by atoms with Gasteiger partial charge < -0.3 is 9.47 Å². The van der Waals surface area contributed by atoms with E-state index in [4.69, 9.17) is 32.7 Å². The van der Waals surface area contributed by atoms with Gasteiger partial charge in [-0.1, -0.05) is 23.2 Å². The van der Waals surface area contributed by atoms with Crippen molar-refractivity contribution in [3.63, 3.8) is 0 Å². The average Bonchev–Trinajstić information content (AvgIpc) is 2.95. The van der Waals surface area contributed by atoms with Gasteiger partial charge in [-0.05, 0) is 31.0 Å². The molecule has 2 rings (SSSR count). The highest BCUT2D eigenvalue weighted by Gasteiger charge is 2.26. The fraction of sp³-hybridized carbons (Fsp3) is 0.500. The minimum Gasteiger partial charge on any atom is -0.468 e. The summed E-state index contributed by atoms with van der Waals surface area (Å²) in [6.45, 7) is 1.34. The third kappa shape index (κ3) is 3.85. The second-order valence-corrected chi connectivity index (χ2v) is 5.51. The Balaban J connectivity index is 2.13. The van der Waals surface area contributed by atoms with Crippen molar-refractivity contribution in [1.82, 2.24) is 5.32 Å². The quantitative estimate of drug-likeness (QED) is 0.848. The van der Waals surface area contributed by atoms with E-state index in [1.165, 1.54) is 7.11 Å². The van der Waals surface area contributed by atoms with Gasteiger partial charge in [0.2, 0.25) is 0 Å². The number of hydrogen-bond donors (Lipinski definition) is 1. The Morgan fingerprint density at radius 3 is 3.00 bits per heavy atom. The lowest BCUT2D eigenvalue weighted by atomic mass is 10.1. The van der Waals surface area contributed by atoms with Crippen molar-refractivity contribution in [3.8, 4) is 0 Å². The van der Waals surface area contributed by atoms with Gasteiger partial charge in [0.1, 0.15) is 6.04 Å². The molecule has 1 aromatic carbocycles. The van der Waals surface area contributed by atoms with Crippen LogP contribution in [0.3, 0.4) is 0 Å². The molecule has 0 aliphatic carbocycles. The van der Waals surface area contributed by atoms with Gasteiger partial charge in [0.15, 0.2) is 0 Å². The Kier molecular flexibility index (Phi) is 5.66. The summed E-state index contributed by atoms with van der Waals surface area (Å²) in [4.78, 5) is 12.0. The summed E-state index contributed by atoms with van der Waals surface area (Å²) in [6, 6.07) is 4.38. The fourth-order valence-corrected chi connectivity index (χ4v) is 2.64. The van der Waals surface area contributed by atoms with E-state index >= 15 is 0 Å².